The monoisotopic (exact) mass is 247 g/mol. The summed E-state index contributed by atoms with van der Waals surface area (Å²) >= 11 is 0. The quantitative estimate of drug-likeness (QED) is 0.723. The molecule has 1 aromatic carbocycles. The molecule has 2 N–H and O–H groups in total. The average molecular weight is 247 g/mol. The summed E-state index contributed by atoms with van der Waals surface area (Å²) < 4.78 is 18.0. The summed E-state index contributed by atoms with van der Waals surface area (Å²) in [5.41, 5.74) is 0.709. The Hall–Kier alpha value is -2.70. The van der Waals surface area contributed by atoms with E-state index >= 15 is 0 Å². The standard InChI is InChI=1S/C11H6FN3O3/c12-6-3-1-2-5-4-7(13-8(5)6)9-14-10(11(16)17)18-15-9/h1-4,13H,(H,16,17). The third kappa shape index (κ3) is 1.53. The molecule has 6 nitrogen and oxygen atoms in total. The molecule has 3 aromatic rings. The number of carbonyl (C=O) groups is 1. The molecule has 0 saturated heterocycles. The van der Waals surface area contributed by atoms with Gasteiger partial charge in [-0.3, -0.25) is 0 Å². The zero-order valence-corrected chi connectivity index (χ0v) is 8.85. The molecule has 0 aliphatic heterocycles. The third-order valence-electron chi connectivity index (χ3n) is 2.46. The van der Waals surface area contributed by atoms with Gasteiger partial charge in [0, 0.05) is 5.39 Å². The van der Waals surface area contributed by atoms with E-state index in [9.17, 15) is 9.18 Å². The maximum Gasteiger partial charge on any atom is 0.394 e. The predicted molar refractivity (Wildman–Crippen MR) is 58.5 cm³/mol. The van der Waals surface area contributed by atoms with E-state index in [0.29, 0.717) is 16.6 Å². The molecule has 0 unspecified atom stereocenters. The van der Waals surface area contributed by atoms with Crippen LogP contribution in [0, 0.1) is 5.82 Å². The van der Waals surface area contributed by atoms with E-state index in [1.165, 1.54) is 6.07 Å². The number of halogens is 1. The highest BCUT2D eigenvalue weighted by molar-refractivity contribution is 5.86. The van der Waals surface area contributed by atoms with Gasteiger partial charge in [-0.05, 0) is 12.1 Å². The number of nitrogens with one attached hydrogen (secondary N) is 1. The highest BCUT2D eigenvalue weighted by Gasteiger charge is 2.16. The number of nitrogens with zero attached hydrogens (tertiary/aromatic N) is 2. The number of fused-ring (bicyclic) bond motifs is 1. The van der Waals surface area contributed by atoms with Crippen molar-refractivity contribution in [1.82, 2.24) is 15.1 Å². The lowest BCUT2D eigenvalue weighted by atomic mass is 10.2. The summed E-state index contributed by atoms with van der Waals surface area (Å²) in [5, 5.41) is 12.8. The van der Waals surface area contributed by atoms with E-state index in [-0.39, 0.29) is 5.82 Å². The maximum atomic E-state index is 13.5. The SMILES string of the molecule is O=C(O)c1nc(-c2cc3cccc(F)c3[nH]2)no1. The number of aromatic nitrogens is 3. The van der Waals surface area contributed by atoms with Gasteiger partial charge in [0.2, 0.25) is 5.82 Å². The summed E-state index contributed by atoms with van der Waals surface area (Å²) in [4.78, 5) is 17.1. The lowest BCUT2D eigenvalue weighted by molar-refractivity contribution is 0.0643. The Kier molecular flexibility index (Phi) is 2.12. The number of hydrogen-bond donors (Lipinski definition) is 2. The molecule has 0 amide bonds. The Morgan fingerprint density at radius 1 is 1.44 bits per heavy atom. The van der Waals surface area contributed by atoms with Crippen LogP contribution in [0.3, 0.4) is 0 Å². The Bertz CT molecular complexity index is 747. The molecular formula is C11H6FN3O3. The minimum Gasteiger partial charge on any atom is -0.474 e. The van der Waals surface area contributed by atoms with Crippen molar-refractivity contribution in [3.05, 3.63) is 36.0 Å². The molecule has 0 aliphatic rings. The minimum absolute atomic E-state index is 0.0722. The third-order valence-corrected chi connectivity index (χ3v) is 2.46. The summed E-state index contributed by atoms with van der Waals surface area (Å²) in [7, 11) is 0. The minimum atomic E-state index is -1.31. The summed E-state index contributed by atoms with van der Waals surface area (Å²) in [6.45, 7) is 0. The average Bonchev–Trinajstić information content (AvgIpc) is 2.95. The smallest absolute Gasteiger partial charge is 0.394 e. The van der Waals surface area contributed by atoms with Crippen molar-refractivity contribution in [2.45, 2.75) is 0 Å². The number of para-hydroxylation sites is 1. The molecule has 0 bridgehead atoms. The van der Waals surface area contributed by atoms with E-state index in [1.54, 1.807) is 18.2 Å². The van der Waals surface area contributed by atoms with Crippen molar-refractivity contribution < 1.29 is 18.8 Å². The second-order valence-corrected chi connectivity index (χ2v) is 3.62. The van der Waals surface area contributed by atoms with Crippen LogP contribution in [0.2, 0.25) is 0 Å². The lowest BCUT2D eigenvalue weighted by Crippen LogP contribution is -1.95. The van der Waals surface area contributed by atoms with Crippen molar-refractivity contribution in [2.24, 2.45) is 0 Å². The van der Waals surface area contributed by atoms with Gasteiger partial charge in [-0.25, -0.2) is 9.18 Å². The van der Waals surface area contributed by atoms with Gasteiger partial charge >= 0.3 is 11.9 Å². The second kappa shape index (κ2) is 3.66. The topological polar surface area (TPSA) is 92.0 Å². The van der Waals surface area contributed by atoms with E-state index < -0.39 is 17.7 Å². The number of benzene rings is 1. The molecule has 90 valence electrons. The number of rotatable bonds is 2. The molecule has 0 fully saturated rings. The first kappa shape index (κ1) is 10.5. The van der Waals surface area contributed by atoms with Crippen LogP contribution in [0.15, 0.2) is 28.8 Å². The van der Waals surface area contributed by atoms with Crippen LogP contribution in [-0.4, -0.2) is 26.2 Å². The van der Waals surface area contributed by atoms with Crippen LogP contribution in [0.4, 0.5) is 4.39 Å². The van der Waals surface area contributed by atoms with Crippen LogP contribution in [0.5, 0.6) is 0 Å². The Labute approximate surface area is 99.1 Å². The van der Waals surface area contributed by atoms with E-state index in [0.717, 1.165) is 0 Å². The highest BCUT2D eigenvalue weighted by Crippen LogP contribution is 2.23. The fraction of sp³-hybridized carbons (Fsp3) is 0. The van der Waals surface area contributed by atoms with Crippen LogP contribution in [0.25, 0.3) is 22.4 Å². The number of carboxylic acids is 1. The van der Waals surface area contributed by atoms with Crippen molar-refractivity contribution in [3.8, 4) is 11.5 Å². The van der Waals surface area contributed by atoms with Gasteiger partial charge in [0.25, 0.3) is 0 Å². The van der Waals surface area contributed by atoms with Gasteiger partial charge < -0.3 is 14.6 Å². The predicted octanol–water partition coefficient (Wildman–Crippen LogP) is 2.06. The lowest BCUT2D eigenvalue weighted by Gasteiger charge is -1.89. The second-order valence-electron chi connectivity index (χ2n) is 3.62. The molecule has 0 spiro atoms. The molecule has 3 rings (SSSR count). The molecule has 0 aliphatic carbocycles. The summed E-state index contributed by atoms with van der Waals surface area (Å²) in [5.74, 6) is -2.15. The summed E-state index contributed by atoms with van der Waals surface area (Å²) in [6.07, 6.45) is 0. The van der Waals surface area contributed by atoms with Gasteiger partial charge in [0.05, 0.1) is 11.2 Å². The first-order valence-electron chi connectivity index (χ1n) is 5.00. The molecule has 7 heteroatoms. The Balaban J connectivity index is 2.13. The van der Waals surface area contributed by atoms with E-state index in [1.807, 2.05) is 0 Å². The Morgan fingerprint density at radius 2 is 2.28 bits per heavy atom. The van der Waals surface area contributed by atoms with E-state index in [4.69, 9.17) is 5.11 Å². The van der Waals surface area contributed by atoms with Crippen molar-refractivity contribution in [3.63, 3.8) is 0 Å². The number of hydrogen-bond acceptors (Lipinski definition) is 4. The van der Waals surface area contributed by atoms with Crippen molar-refractivity contribution in [2.75, 3.05) is 0 Å². The maximum absolute atomic E-state index is 13.5. The molecular weight excluding hydrogens is 241 g/mol. The van der Waals surface area contributed by atoms with Gasteiger partial charge in [0.1, 0.15) is 5.82 Å². The van der Waals surface area contributed by atoms with E-state index in [2.05, 4.69) is 19.6 Å². The number of aromatic carboxylic acids is 1. The van der Waals surface area contributed by atoms with Gasteiger partial charge in [-0.1, -0.05) is 17.3 Å². The molecule has 2 aromatic heterocycles. The van der Waals surface area contributed by atoms with Crippen molar-refractivity contribution in [1.29, 1.82) is 0 Å². The van der Waals surface area contributed by atoms with Crippen molar-refractivity contribution >= 4 is 16.9 Å². The number of carboxylic acid groups (broad SMARTS) is 1. The van der Waals surface area contributed by atoms with Gasteiger partial charge in [0.15, 0.2) is 0 Å². The number of aromatic amines is 1. The van der Waals surface area contributed by atoms with Crippen LogP contribution in [0.1, 0.15) is 10.7 Å². The molecule has 0 atom stereocenters. The zero-order valence-electron chi connectivity index (χ0n) is 8.85. The van der Waals surface area contributed by atoms with Gasteiger partial charge in [-0.2, -0.15) is 4.98 Å². The molecule has 2 heterocycles. The highest BCUT2D eigenvalue weighted by atomic mass is 19.1. The largest absolute Gasteiger partial charge is 0.474 e. The first-order chi connectivity index (χ1) is 8.65. The number of H-pyrrole nitrogens is 1. The van der Waals surface area contributed by atoms with Crippen LogP contribution < -0.4 is 0 Å². The summed E-state index contributed by atoms with van der Waals surface area (Å²) in [6, 6.07) is 6.24. The fourth-order valence-corrected chi connectivity index (χ4v) is 1.66. The van der Waals surface area contributed by atoms with Gasteiger partial charge in [-0.15, -0.1) is 0 Å². The molecule has 0 radical (unpaired) electrons. The fourth-order valence-electron chi connectivity index (χ4n) is 1.66. The zero-order chi connectivity index (χ0) is 12.7. The van der Waals surface area contributed by atoms with Crippen LogP contribution >= 0.6 is 0 Å². The van der Waals surface area contributed by atoms with Crippen LogP contribution in [-0.2, 0) is 0 Å². The first-order valence-corrected chi connectivity index (χ1v) is 5.00. The molecule has 0 saturated carbocycles. The normalized spacial score (nSPS) is 10.9. The molecule has 18 heavy (non-hydrogen) atoms. The Morgan fingerprint density at radius 3 is 2.94 bits per heavy atom.